The van der Waals surface area contributed by atoms with Crippen LogP contribution in [0, 0.1) is 0 Å². The smallest absolute Gasteiger partial charge is 0.340 e. The molecule has 0 spiro atoms. The Hall–Kier alpha value is -2.86. The number of benzene rings is 2. The third-order valence-corrected chi connectivity index (χ3v) is 6.88. The molecule has 10 heteroatoms. The quantitative estimate of drug-likeness (QED) is 0.539. The molecule has 0 unspecified atom stereocenters. The van der Waals surface area contributed by atoms with E-state index < -0.39 is 72.7 Å². The fraction of sp³-hybridized carbons (Fsp3) is 0.500. The summed E-state index contributed by atoms with van der Waals surface area (Å²) in [5, 5.41) is 0. The minimum absolute atomic E-state index is 0.383. The average Bonchev–Trinajstić information content (AvgIpc) is 3.57. The SMILES string of the molecule is CC1(C)O[C@@H]2[C@@H]([C@H]3O[C@@H](OC(=O)c4ccccc4)[C@@H]4OC(C)(C)O[C@H]34)O[C@@H](OC(=O)c3ccccc3)[C@@H]2O1. The van der Waals surface area contributed by atoms with E-state index in [1.807, 2.05) is 12.1 Å². The van der Waals surface area contributed by atoms with Crippen molar-refractivity contribution in [1.82, 2.24) is 0 Å². The molecule has 0 radical (unpaired) electrons. The van der Waals surface area contributed by atoms with Crippen molar-refractivity contribution >= 4 is 11.9 Å². The van der Waals surface area contributed by atoms with Crippen LogP contribution in [0.25, 0.3) is 0 Å². The van der Waals surface area contributed by atoms with Crippen molar-refractivity contribution in [2.24, 2.45) is 0 Å². The van der Waals surface area contributed by atoms with Crippen LogP contribution in [0.4, 0.5) is 0 Å². The standard InChI is InChI=1S/C28H30O10/c1-27(2)35-19-17(31-25(21(19)37-27)33-23(29)15-11-7-5-8-12-15)18-20-22(38-28(3,4)36-20)26(32-18)34-24(30)16-13-9-6-10-14-16/h5-14,17-22,25-26H,1-4H3/t17-,18-,19-,20-,21-,22-,25+,26+/m1/s1. The minimum Gasteiger partial charge on any atom is -0.429 e. The fourth-order valence-corrected chi connectivity index (χ4v) is 5.40. The molecule has 2 aromatic rings. The summed E-state index contributed by atoms with van der Waals surface area (Å²) in [4.78, 5) is 25.6. The molecule has 0 N–H and O–H groups in total. The van der Waals surface area contributed by atoms with Crippen LogP contribution in [0.5, 0.6) is 0 Å². The second-order valence-corrected chi connectivity index (χ2v) is 10.6. The first-order valence-corrected chi connectivity index (χ1v) is 12.6. The molecule has 6 rings (SSSR count). The Morgan fingerprint density at radius 2 is 0.895 bits per heavy atom. The van der Waals surface area contributed by atoms with E-state index in [-0.39, 0.29) is 0 Å². The summed E-state index contributed by atoms with van der Waals surface area (Å²) in [6, 6.07) is 17.2. The van der Waals surface area contributed by atoms with Crippen LogP contribution in [0.3, 0.4) is 0 Å². The van der Waals surface area contributed by atoms with Gasteiger partial charge in [0.05, 0.1) is 11.1 Å². The predicted octanol–water partition coefficient (Wildman–Crippen LogP) is 3.19. The van der Waals surface area contributed by atoms with Crippen molar-refractivity contribution in [2.45, 2.75) is 88.5 Å². The van der Waals surface area contributed by atoms with Crippen LogP contribution >= 0.6 is 0 Å². The molecule has 202 valence electrons. The Balaban J connectivity index is 1.24. The van der Waals surface area contributed by atoms with Gasteiger partial charge in [0.1, 0.15) is 24.4 Å². The highest BCUT2D eigenvalue weighted by molar-refractivity contribution is 5.89. The maximum absolute atomic E-state index is 12.8. The maximum Gasteiger partial charge on any atom is 0.340 e. The van der Waals surface area contributed by atoms with Gasteiger partial charge in [0, 0.05) is 0 Å². The molecule has 4 aliphatic heterocycles. The minimum atomic E-state index is -1.05. The molecule has 4 fully saturated rings. The summed E-state index contributed by atoms with van der Waals surface area (Å²) in [6.07, 6.45) is -6.32. The van der Waals surface area contributed by atoms with Crippen LogP contribution in [0.1, 0.15) is 48.4 Å². The van der Waals surface area contributed by atoms with E-state index in [9.17, 15) is 9.59 Å². The van der Waals surface area contributed by atoms with E-state index in [2.05, 4.69) is 0 Å². The molecule has 4 heterocycles. The lowest BCUT2D eigenvalue weighted by Crippen LogP contribution is -2.45. The third kappa shape index (κ3) is 4.72. The zero-order valence-corrected chi connectivity index (χ0v) is 21.5. The molecule has 38 heavy (non-hydrogen) atoms. The molecule has 8 atom stereocenters. The molecule has 10 nitrogen and oxygen atoms in total. The number of rotatable bonds is 5. The van der Waals surface area contributed by atoms with Crippen LogP contribution in [0.2, 0.25) is 0 Å². The van der Waals surface area contributed by atoms with Gasteiger partial charge in [-0.05, 0) is 52.0 Å². The predicted molar refractivity (Wildman–Crippen MR) is 129 cm³/mol. The van der Waals surface area contributed by atoms with Crippen LogP contribution in [-0.2, 0) is 37.9 Å². The zero-order valence-electron chi connectivity index (χ0n) is 21.5. The Bertz CT molecular complexity index is 1090. The number of carbonyl (C=O) groups excluding carboxylic acids is 2. The van der Waals surface area contributed by atoms with Gasteiger partial charge in [0.15, 0.2) is 23.8 Å². The van der Waals surface area contributed by atoms with Gasteiger partial charge in [0.2, 0.25) is 12.6 Å². The third-order valence-electron chi connectivity index (χ3n) is 6.88. The fourth-order valence-electron chi connectivity index (χ4n) is 5.40. The largest absolute Gasteiger partial charge is 0.429 e. The molecular weight excluding hydrogens is 496 g/mol. The van der Waals surface area contributed by atoms with Crippen molar-refractivity contribution in [3.05, 3.63) is 71.8 Å². The van der Waals surface area contributed by atoms with Crippen LogP contribution < -0.4 is 0 Å². The molecule has 2 aromatic carbocycles. The van der Waals surface area contributed by atoms with Crippen molar-refractivity contribution in [3.63, 3.8) is 0 Å². The number of hydrogen-bond donors (Lipinski definition) is 0. The highest BCUT2D eigenvalue weighted by atomic mass is 16.8. The molecule has 0 aromatic heterocycles. The average molecular weight is 527 g/mol. The lowest BCUT2D eigenvalue weighted by molar-refractivity contribution is -0.259. The second kappa shape index (κ2) is 9.41. The number of carbonyl (C=O) groups is 2. The monoisotopic (exact) mass is 526 g/mol. The summed E-state index contributed by atoms with van der Waals surface area (Å²) < 4.78 is 48.4. The molecule has 0 amide bonds. The van der Waals surface area contributed by atoms with E-state index >= 15 is 0 Å². The molecule has 0 bridgehead atoms. The van der Waals surface area contributed by atoms with Crippen molar-refractivity contribution in [3.8, 4) is 0 Å². The number of fused-ring (bicyclic) bond motifs is 2. The molecule has 4 aliphatic rings. The van der Waals surface area contributed by atoms with Gasteiger partial charge >= 0.3 is 11.9 Å². The van der Waals surface area contributed by atoms with E-state index in [1.54, 1.807) is 76.2 Å². The van der Waals surface area contributed by atoms with Crippen LogP contribution in [0.15, 0.2) is 60.7 Å². The van der Waals surface area contributed by atoms with E-state index in [1.165, 1.54) is 0 Å². The first-order chi connectivity index (χ1) is 18.1. The van der Waals surface area contributed by atoms with Crippen molar-refractivity contribution in [2.75, 3.05) is 0 Å². The van der Waals surface area contributed by atoms with Crippen molar-refractivity contribution in [1.29, 1.82) is 0 Å². The molecule has 0 aliphatic carbocycles. The summed E-state index contributed by atoms with van der Waals surface area (Å²) in [5.74, 6) is -2.99. The second-order valence-electron chi connectivity index (χ2n) is 10.6. The Morgan fingerprint density at radius 1 is 0.553 bits per heavy atom. The number of ether oxygens (including phenoxy) is 8. The topological polar surface area (TPSA) is 108 Å². The molecule has 4 saturated heterocycles. The normalized spacial score (nSPS) is 36.4. The highest BCUT2D eigenvalue weighted by Gasteiger charge is 2.66. The van der Waals surface area contributed by atoms with Gasteiger partial charge in [-0.2, -0.15) is 0 Å². The van der Waals surface area contributed by atoms with Gasteiger partial charge in [-0.15, -0.1) is 0 Å². The van der Waals surface area contributed by atoms with Crippen molar-refractivity contribution < 1.29 is 47.5 Å². The lowest BCUT2D eigenvalue weighted by atomic mass is 10.0. The number of hydrogen-bond acceptors (Lipinski definition) is 10. The van der Waals surface area contributed by atoms with Gasteiger partial charge in [0.25, 0.3) is 0 Å². The van der Waals surface area contributed by atoms with Gasteiger partial charge in [-0.3, -0.25) is 0 Å². The Labute approximate surface area is 220 Å². The lowest BCUT2D eigenvalue weighted by Gasteiger charge is -2.29. The van der Waals surface area contributed by atoms with E-state index in [4.69, 9.17) is 37.9 Å². The van der Waals surface area contributed by atoms with Gasteiger partial charge in [-0.1, -0.05) is 36.4 Å². The molecule has 0 saturated carbocycles. The van der Waals surface area contributed by atoms with Gasteiger partial charge in [-0.25, -0.2) is 9.59 Å². The summed E-state index contributed by atoms with van der Waals surface area (Å²) in [6.45, 7) is 7.11. The Kier molecular flexibility index (Phi) is 6.29. The number of esters is 2. The van der Waals surface area contributed by atoms with Gasteiger partial charge < -0.3 is 37.9 Å². The summed E-state index contributed by atoms with van der Waals surface area (Å²) in [7, 11) is 0. The summed E-state index contributed by atoms with van der Waals surface area (Å²) in [5.41, 5.74) is 0.766. The first kappa shape index (κ1) is 25.4. The first-order valence-electron chi connectivity index (χ1n) is 12.6. The molecular formula is C28H30O10. The van der Waals surface area contributed by atoms with E-state index in [0.29, 0.717) is 11.1 Å². The summed E-state index contributed by atoms with van der Waals surface area (Å²) >= 11 is 0. The van der Waals surface area contributed by atoms with Crippen LogP contribution in [-0.4, -0.2) is 72.7 Å². The van der Waals surface area contributed by atoms with E-state index in [0.717, 1.165) is 0 Å². The maximum atomic E-state index is 12.8. The zero-order chi connectivity index (χ0) is 26.7. The highest BCUT2D eigenvalue weighted by Crippen LogP contribution is 2.47. The Morgan fingerprint density at radius 3 is 1.26 bits per heavy atom.